The van der Waals surface area contributed by atoms with Gasteiger partial charge in [0.2, 0.25) is 0 Å². The van der Waals surface area contributed by atoms with E-state index in [0.29, 0.717) is 16.7 Å². The first-order valence-corrected chi connectivity index (χ1v) is 8.19. The van der Waals surface area contributed by atoms with Gasteiger partial charge >= 0.3 is 0 Å². The van der Waals surface area contributed by atoms with E-state index in [2.05, 4.69) is 14.6 Å². The molecule has 0 N–H and O–H groups in total. The van der Waals surface area contributed by atoms with Gasteiger partial charge in [0, 0.05) is 5.38 Å². The molecule has 0 spiro atoms. The number of nitrogens with zero attached hydrogens (tertiary/aromatic N) is 4. The van der Waals surface area contributed by atoms with Crippen LogP contribution in [0.2, 0.25) is 0 Å². The Kier molecular flexibility index (Phi) is 3.72. The van der Waals surface area contributed by atoms with Gasteiger partial charge in [0.05, 0.1) is 22.3 Å². The second kappa shape index (κ2) is 6.17. The Morgan fingerprint density at radius 1 is 0.958 bits per heavy atom. The van der Waals surface area contributed by atoms with Gasteiger partial charge in [-0.05, 0) is 47.9 Å². The van der Waals surface area contributed by atoms with Crippen LogP contribution >= 0.6 is 11.5 Å². The van der Waals surface area contributed by atoms with Gasteiger partial charge in [-0.3, -0.25) is 9.36 Å². The lowest BCUT2D eigenvalue weighted by Crippen LogP contribution is -2.22. The fraction of sp³-hybridized carbons (Fsp3) is 0. The molecule has 2 aromatic carbocycles. The average Bonchev–Trinajstić information content (AvgIpc) is 3.14. The Morgan fingerprint density at radius 3 is 2.54 bits per heavy atom. The zero-order valence-corrected chi connectivity index (χ0v) is 13.4. The van der Waals surface area contributed by atoms with Crippen molar-refractivity contribution in [2.75, 3.05) is 0 Å². The van der Waals surface area contributed by atoms with Crippen molar-refractivity contribution in [1.29, 1.82) is 0 Å². The van der Waals surface area contributed by atoms with E-state index in [-0.39, 0.29) is 5.56 Å². The van der Waals surface area contributed by atoms with Gasteiger partial charge in [-0.2, -0.15) is 0 Å². The van der Waals surface area contributed by atoms with Crippen LogP contribution in [0.25, 0.3) is 28.7 Å². The molecule has 0 aliphatic heterocycles. The second-order valence-corrected chi connectivity index (χ2v) is 5.74. The molecule has 0 saturated heterocycles. The fourth-order valence-electron chi connectivity index (χ4n) is 2.49. The minimum absolute atomic E-state index is 0.0946. The number of hydrogen-bond acceptors (Lipinski definition) is 5. The summed E-state index contributed by atoms with van der Waals surface area (Å²) >= 11 is 1.28. The molecule has 6 heteroatoms. The summed E-state index contributed by atoms with van der Waals surface area (Å²) in [5.41, 5.74) is 2.09. The molecular formula is C18H12N4OS. The third kappa shape index (κ3) is 2.63. The predicted molar refractivity (Wildman–Crippen MR) is 96.2 cm³/mol. The van der Waals surface area contributed by atoms with E-state index >= 15 is 0 Å². The molecule has 116 valence electrons. The highest BCUT2D eigenvalue weighted by atomic mass is 32.1. The zero-order chi connectivity index (χ0) is 16.4. The van der Waals surface area contributed by atoms with Crippen molar-refractivity contribution in [2.45, 2.75) is 0 Å². The topological polar surface area (TPSA) is 60.7 Å². The molecule has 4 aromatic rings. The number of aromatic nitrogens is 4. The molecule has 2 aromatic heterocycles. The van der Waals surface area contributed by atoms with E-state index < -0.39 is 0 Å². The summed E-state index contributed by atoms with van der Waals surface area (Å²) in [6.07, 6.45) is 3.59. The summed E-state index contributed by atoms with van der Waals surface area (Å²) in [6, 6.07) is 16.8. The van der Waals surface area contributed by atoms with E-state index in [1.165, 1.54) is 11.5 Å². The first-order chi connectivity index (χ1) is 11.8. The van der Waals surface area contributed by atoms with Crippen LogP contribution in [0.4, 0.5) is 0 Å². The van der Waals surface area contributed by atoms with Gasteiger partial charge in [0.15, 0.2) is 0 Å². The Morgan fingerprint density at radius 2 is 1.75 bits per heavy atom. The summed E-state index contributed by atoms with van der Waals surface area (Å²) in [7, 11) is 0. The second-order valence-electron chi connectivity index (χ2n) is 5.13. The van der Waals surface area contributed by atoms with E-state index in [1.54, 1.807) is 22.8 Å². The monoisotopic (exact) mass is 332 g/mol. The highest BCUT2D eigenvalue weighted by molar-refractivity contribution is 7.03. The van der Waals surface area contributed by atoms with Crippen molar-refractivity contribution in [1.82, 2.24) is 19.1 Å². The van der Waals surface area contributed by atoms with Crippen molar-refractivity contribution in [3.63, 3.8) is 0 Å². The lowest BCUT2D eigenvalue weighted by atomic mass is 10.2. The molecule has 24 heavy (non-hydrogen) atoms. The number of para-hydroxylation sites is 2. The van der Waals surface area contributed by atoms with Gasteiger partial charge in [-0.15, -0.1) is 5.10 Å². The Labute approximate surface area is 141 Å². The predicted octanol–water partition coefficient (Wildman–Crippen LogP) is 3.41. The summed E-state index contributed by atoms with van der Waals surface area (Å²) < 4.78 is 5.44. The molecule has 0 atom stereocenters. The summed E-state index contributed by atoms with van der Waals surface area (Å²) in [5, 5.41) is 6.41. The van der Waals surface area contributed by atoms with Gasteiger partial charge in [0.1, 0.15) is 5.82 Å². The molecule has 0 aliphatic carbocycles. The molecule has 0 unspecified atom stereocenters. The van der Waals surface area contributed by atoms with E-state index in [1.807, 2.05) is 53.9 Å². The maximum atomic E-state index is 13.0. The average molecular weight is 332 g/mol. The summed E-state index contributed by atoms with van der Waals surface area (Å²) in [5.74, 6) is 0.554. The van der Waals surface area contributed by atoms with E-state index in [0.717, 1.165) is 11.4 Å². The first kappa shape index (κ1) is 14.5. The molecule has 0 bridgehead atoms. The minimum atomic E-state index is -0.0946. The van der Waals surface area contributed by atoms with E-state index in [9.17, 15) is 4.79 Å². The number of hydrogen-bond donors (Lipinski definition) is 0. The van der Waals surface area contributed by atoms with Crippen LogP contribution in [0.15, 0.2) is 64.8 Å². The van der Waals surface area contributed by atoms with Crippen molar-refractivity contribution >= 4 is 34.6 Å². The maximum absolute atomic E-state index is 13.0. The molecule has 0 fully saturated rings. The normalized spacial score (nSPS) is 11.3. The van der Waals surface area contributed by atoms with Crippen molar-refractivity contribution in [3.05, 3.63) is 81.8 Å². The van der Waals surface area contributed by atoms with Crippen molar-refractivity contribution in [3.8, 4) is 5.69 Å². The molecule has 0 amide bonds. The third-order valence-electron chi connectivity index (χ3n) is 3.60. The number of rotatable bonds is 3. The Balaban J connectivity index is 1.98. The number of fused-ring (bicyclic) bond motifs is 1. The van der Waals surface area contributed by atoms with Gasteiger partial charge in [-0.1, -0.05) is 34.8 Å². The maximum Gasteiger partial charge on any atom is 0.266 e. The van der Waals surface area contributed by atoms with Crippen LogP contribution in [0.3, 0.4) is 0 Å². The molecule has 0 aliphatic rings. The SMILES string of the molecule is O=c1c2ccccc2nc(/C=C\c2csnn2)n1-c1ccccc1. The van der Waals surface area contributed by atoms with Crippen LogP contribution < -0.4 is 5.56 Å². The Bertz CT molecular complexity index is 1070. The van der Waals surface area contributed by atoms with Crippen LogP contribution in [0.5, 0.6) is 0 Å². The zero-order valence-electron chi connectivity index (χ0n) is 12.5. The van der Waals surface area contributed by atoms with Crippen molar-refractivity contribution in [2.24, 2.45) is 0 Å². The molecule has 5 nitrogen and oxygen atoms in total. The summed E-state index contributed by atoms with van der Waals surface area (Å²) in [6.45, 7) is 0. The van der Waals surface area contributed by atoms with Gasteiger partial charge in [-0.25, -0.2) is 4.98 Å². The quantitative estimate of drug-likeness (QED) is 0.577. The van der Waals surface area contributed by atoms with Crippen LogP contribution in [0, 0.1) is 0 Å². The minimum Gasteiger partial charge on any atom is -0.268 e. The standard InChI is InChI=1S/C18H12N4OS/c23-18-15-8-4-5-9-16(15)19-17(11-10-13-12-24-21-20-13)22(18)14-6-2-1-3-7-14/h1-12H/b11-10-. The smallest absolute Gasteiger partial charge is 0.266 e. The van der Waals surface area contributed by atoms with Crippen LogP contribution in [0.1, 0.15) is 11.5 Å². The lowest BCUT2D eigenvalue weighted by Gasteiger charge is -2.11. The van der Waals surface area contributed by atoms with Gasteiger partial charge < -0.3 is 0 Å². The van der Waals surface area contributed by atoms with Gasteiger partial charge in [0.25, 0.3) is 5.56 Å². The summed E-state index contributed by atoms with van der Waals surface area (Å²) in [4.78, 5) is 17.6. The third-order valence-corrected chi connectivity index (χ3v) is 4.12. The number of benzene rings is 2. The van der Waals surface area contributed by atoms with Crippen LogP contribution in [-0.4, -0.2) is 19.1 Å². The molecule has 2 heterocycles. The fourth-order valence-corrected chi connectivity index (χ4v) is 2.91. The van der Waals surface area contributed by atoms with Crippen molar-refractivity contribution < 1.29 is 0 Å². The first-order valence-electron chi connectivity index (χ1n) is 7.35. The molecule has 0 radical (unpaired) electrons. The Hall–Kier alpha value is -3.12. The van der Waals surface area contributed by atoms with Crippen LogP contribution in [-0.2, 0) is 0 Å². The molecule has 0 saturated carbocycles. The lowest BCUT2D eigenvalue weighted by molar-refractivity contribution is 0.944. The highest BCUT2D eigenvalue weighted by Crippen LogP contribution is 2.15. The molecular weight excluding hydrogens is 320 g/mol. The van der Waals surface area contributed by atoms with E-state index in [4.69, 9.17) is 0 Å². The molecule has 4 rings (SSSR count). The largest absolute Gasteiger partial charge is 0.268 e. The highest BCUT2D eigenvalue weighted by Gasteiger charge is 2.10.